The summed E-state index contributed by atoms with van der Waals surface area (Å²) in [5, 5.41) is 0. The van der Waals surface area contributed by atoms with Crippen LogP contribution in [0.5, 0.6) is 5.75 Å². The number of nitrogens with zero attached hydrogens (tertiary/aromatic N) is 2. The van der Waals surface area contributed by atoms with Crippen LogP contribution in [-0.4, -0.2) is 55.5 Å². The van der Waals surface area contributed by atoms with E-state index in [1.165, 1.54) is 0 Å². The molecule has 0 saturated carbocycles. The molecule has 1 aromatic rings. The molecule has 0 spiro atoms. The number of benzene rings is 1. The molecular formula is C16H25N3O2. The van der Waals surface area contributed by atoms with E-state index < -0.39 is 0 Å². The number of nitrogen functional groups attached to an aromatic ring is 1. The Morgan fingerprint density at radius 1 is 1.43 bits per heavy atom. The zero-order valence-corrected chi connectivity index (χ0v) is 13.1. The van der Waals surface area contributed by atoms with Gasteiger partial charge in [-0.1, -0.05) is 6.92 Å². The van der Waals surface area contributed by atoms with Crippen LogP contribution >= 0.6 is 0 Å². The molecule has 1 saturated heterocycles. The summed E-state index contributed by atoms with van der Waals surface area (Å²) in [6, 6.07) is 5.49. The van der Waals surface area contributed by atoms with E-state index in [1.807, 2.05) is 11.9 Å². The lowest BCUT2D eigenvalue weighted by Crippen LogP contribution is -2.45. The van der Waals surface area contributed by atoms with E-state index in [-0.39, 0.29) is 11.9 Å². The number of ether oxygens (including phenoxy) is 1. The zero-order valence-electron chi connectivity index (χ0n) is 13.1. The van der Waals surface area contributed by atoms with Crippen LogP contribution in [0.4, 0.5) is 5.69 Å². The van der Waals surface area contributed by atoms with E-state index in [4.69, 9.17) is 10.5 Å². The fraction of sp³-hybridized carbons (Fsp3) is 0.562. The van der Waals surface area contributed by atoms with Crippen molar-refractivity contribution in [2.24, 2.45) is 0 Å². The first-order valence-corrected chi connectivity index (χ1v) is 7.49. The predicted molar refractivity (Wildman–Crippen MR) is 84.6 cm³/mol. The van der Waals surface area contributed by atoms with Crippen molar-refractivity contribution in [3.63, 3.8) is 0 Å². The van der Waals surface area contributed by atoms with Crippen LogP contribution in [0.15, 0.2) is 18.2 Å². The lowest BCUT2D eigenvalue weighted by atomic mass is 10.0. The lowest BCUT2D eigenvalue weighted by Gasteiger charge is -2.36. The van der Waals surface area contributed by atoms with Crippen molar-refractivity contribution in [2.45, 2.75) is 25.8 Å². The van der Waals surface area contributed by atoms with E-state index in [2.05, 4.69) is 11.8 Å². The van der Waals surface area contributed by atoms with Gasteiger partial charge in [0.25, 0.3) is 5.91 Å². The van der Waals surface area contributed by atoms with Gasteiger partial charge >= 0.3 is 0 Å². The quantitative estimate of drug-likeness (QED) is 0.860. The SMILES string of the molecule is CCN1CCC(N(C)C(=O)c2cc(OC)ccc2N)CC1. The second-order valence-corrected chi connectivity index (χ2v) is 5.53. The third kappa shape index (κ3) is 3.47. The van der Waals surface area contributed by atoms with Gasteiger partial charge in [-0.15, -0.1) is 0 Å². The van der Waals surface area contributed by atoms with E-state index in [0.717, 1.165) is 32.5 Å². The molecule has 21 heavy (non-hydrogen) atoms. The normalized spacial score (nSPS) is 16.7. The van der Waals surface area contributed by atoms with Crippen LogP contribution in [-0.2, 0) is 0 Å². The Hall–Kier alpha value is -1.75. The van der Waals surface area contributed by atoms with E-state index in [9.17, 15) is 4.79 Å². The second kappa shape index (κ2) is 6.80. The van der Waals surface area contributed by atoms with Gasteiger partial charge in [0, 0.05) is 31.9 Å². The number of methoxy groups -OCH3 is 1. The van der Waals surface area contributed by atoms with E-state index in [1.54, 1.807) is 25.3 Å². The highest BCUT2D eigenvalue weighted by Gasteiger charge is 2.26. The van der Waals surface area contributed by atoms with Gasteiger partial charge in [-0.2, -0.15) is 0 Å². The van der Waals surface area contributed by atoms with E-state index >= 15 is 0 Å². The summed E-state index contributed by atoms with van der Waals surface area (Å²) in [6.45, 7) is 5.35. The first kappa shape index (κ1) is 15.6. The molecule has 0 aromatic heterocycles. The van der Waals surface area contributed by atoms with Crippen LogP contribution in [0.1, 0.15) is 30.1 Å². The summed E-state index contributed by atoms with van der Waals surface area (Å²) in [5.41, 5.74) is 6.97. The maximum absolute atomic E-state index is 12.7. The Morgan fingerprint density at radius 2 is 2.10 bits per heavy atom. The molecule has 2 rings (SSSR count). The number of amides is 1. The molecule has 116 valence electrons. The summed E-state index contributed by atoms with van der Waals surface area (Å²) in [6.07, 6.45) is 2.03. The van der Waals surface area contributed by atoms with Gasteiger partial charge in [-0.25, -0.2) is 0 Å². The third-order valence-corrected chi connectivity index (χ3v) is 4.36. The number of hydrogen-bond donors (Lipinski definition) is 1. The summed E-state index contributed by atoms with van der Waals surface area (Å²) >= 11 is 0. The minimum Gasteiger partial charge on any atom is -0.497 e. The maximum atomic E-state index is 12.7. The number of carbonyl (C=O) groups is 1. The Kier molecular flexibility index (Phi) is 5.07. The molecule has 0 radical (unpaired) electrons. The molecule has 5 heteroatoms. The molecule has 0 atom stereocenters. The highest BCUT2D eigenvalue weighted by molar-refractivity contribution is 5.99. The Morgan fingerprint density at radius 3 is 2.67 bits per heavy atom. The summed E-state index contributed by atoms with van der Waals surface area (Å²) < 4.78 is 5.18. The number of rotatable bonds is 4. The standard InChI is InChI=1S/C16H25N3O2/c1-4-19-9-7-12(8-10-19)18(2)16(20)14-11-13(21-3)5-6-15(14)17/h5-6,11-12H,4,7-10,17H2,1-3H3. The van der Waals surface area contributed by atoms with Crippen molar-refractivity contribution >= 4 is 11.6 Å². The van der Waals surface area contributed by atoms with E-state index in [0.29, 0.717) is 17.0 Å². The Labute approximate surface area is 126 Å². The lowest BCUT2D eigenvalue weighted by molar-refractivity contribution is 0.0647. The number of carbonyl (C=O) groups excluding carboxylic acids is 1. The van der Waals surface area contributed by atoms with Crippen LogP contribution < -0.4 is 10.5 Å². The predicted octanol–water partition coefficient (Wildman–Crippen LogP) is 1.83. The maximum Gasteiger partial charge on any atom is 0.256 e. The molecule has 1 amide bonds. The average Bonchev–Trinajstić information content (AvgIpc) is 2.54. The van der Waals surface area contributed by atoms with Crippen LogP contribution in [0.25, 0.3) is 0 Å². The van der Waals surface area contributed by atoms with Crippen molar-refractivity contribution in [2.75, 3.05) is 39.5 Å². The third-order valence-electron chi connectivity index (χ3n) is 4.36. The van der Waals surface area contributed by atoms with Crippen molar-refractivity contribution in [3.05, 3.63) is 23.8 Å². The molecule has 1 aromatic carbocycles. The molecule has 1 aliphatic rings. The topological polar surface area (TPSA) is 58.8 Å². The highest BCUT2D eigenvalue weighted by Crippen LogP contribution is 2.23. The van der Waals surface area contributed by atoms with Gasteiger partial charge < -0.3 is 20.3 Å². The van der Waals surface area contributed by atoms with Crippen molar-refractivity contribution in [3.8, 4) is 5.75 Å². The molecule has 0 aliphatic carbocycles. The molecular weight excluding hydrogens is 266 g/mol. The number of piperidine rings is 1. The second-order valence-electron chi connectivity index (χ2n) is 5.53. The molecule has 1 aliphatic heterocycles. The summed E-state index contributed by atoms with van der Waals surface area (Å²) in [7, 11) is 3.46. The zero-order chi connectivity index (χ0) is 15.4. The minimum atomic E-state index is -0.0265. The molecule has 2 N–H and O–H groups in total. The van der Waals surface area contributed by atoms with Crippen LogP contribution in [0.2, 0.25) is 0 Å². The van der Waals surface area contributed by atoms with Crippen molar-refractivity contribution < 1.29 is 9.53 Å². The molecule has 0 bridgehead atoms. The summed E-state index contributed by atoms with van der Waals surface area (Å²) in [4.78, 5) is 16.9. The minimum absolute atomic E-state index is 0.0265. The molecule has 0 unspecified atom stereocenters. The van der Waals surface area contributed by atoms with Gasteiger partial charge in [-0.3, -0.25) is 4.79 Å². The smallest absolute Gasteiger partial charge is 0.256 e. The van der Waals surface area contributed by atoms with Gasteiger partial charge in [0.1, 0.15) is 5.75 Å². The van der Waals surface area contributed by atoms with Gasteiger partial charge in [-0.05, 0) is 37.6 Å². The van der Waals surface area contributed by atoms with Crippen molar-refractivity contribution in [1.82, 2.24) is 9.80 Å². The average molecular weight is 291 g/mol. The number of hydrogen-bond acceptors (Lipinski definition) is 4. The first-order chi connectivity index (χ1) is 10.1. The number of nitrogens with two attached hydrogens (primary N) is 1. The van der Waals surface area contributed by atoms with Crippen LogP contribution in [0.3, 0.4) is 0 Å². The van der Waals surface area contributed by atoms with Gasteiger partial charge in [0.15, 0.2) is 0 Å². The number of anilines is 1. The van der Waals surface area contributed by atoms with Crippen LogP contribution in [0, 0.1) is 0 Å². The molecule has 5 nitrogen and oxygen atoms in total. The van der Waals surface area contributed by atoms with Gasteiger partial charge in [0.05, 0.1) is 12.7 Å². The Balaban J connectivity index is 2.09. The Bertz CT molecular complexity index is 496. The number of likely N-dealkylation sites (tertiary alicyclic amines) is 1. The summed E-state index contributed by atoms with van der Waals surface area (Å²) in [5.74, 6) is 0.628. The molecule has 1 heterocycles. The van der Waals surface area contributed by atoms with Crippen molar-refractivity contribution in [1.29, 1.82) is 0 Å². The first-order valence-electron chi connectivity index (χ1n) is 7.49. The van der Waals surface area contributed by atoms with Gasteiger partial charge in [0.2, 0.25) is 0 Å². The highest BCUT2D eigenvalue weighted by atomic mass is 16.5. The fourth-order valence-corrected chi connectivity index (χ4v) is 2.83. The monoisotopic (exact) mass is 291 g/mol. The largest absolute Gasteiger partial charge is 0.497 e. The molecule has 1 fully saturated rings. The fourth-order valence-electron chi connectivity index (χ4n) is 2.83.